The highest BCUT2D eigenvalue weighted by Crippen LogP contribution is 2.32. The Labute approximate surface area is 147 Å². The van der Waals surface area contributed by atoms with Crippen LogP contribution in [0.25, 0.3) is 10.2 Å². The molecule has 3 aromatic rings. The maximum Gasteiger partial charge on any atom is 0.266 e. The summed E-state index contributed by atoms with van der Waals surface area (Å²) in [4.78, 5) is 22.8. The molecule has 0 saturated carbocycles. The Hall–Kier alpha value is -1.69. The van der Waals surface area contributed by atoms with Crippen molar-refractivity contribution in [3.05, 3.63) is 50.2 Å². The second-order valence-electron chi connectivity index (χ2n) is 5.17. The zero-order valence-electron chi connectivity index (χ0n) is 12.7. The smallest absolute Gasteiger partial charge is 0.266 e. The highest BCUT2D eigenvalue weighted by atomic mass is 35.5. The lowest BCUT2D eigenvalue weighted by molar-refractivity contribution is 0.103. The number of hydrogen-bond donors (Lipinski definition) is 1. The van der Waals surface area contributed by atoms with Crippen molar-refractivity contribution >= 4 is 56.3 Å². The van der Waals surface area contributed by atoms with Gasteiger partial charge in [0.05, 0.1) is 15.6 Å². The first-order valence-electron chi connectivity index (χ1n) is 6.87. The molecule has 2 aromatic heterocycles. The summed E-state index contributed by atoms with van der Waals surface area (Å²) in [6, 6.07) is 4.95. The number of benzene rings is 1. The first-order chi connectivity index (χ1) is 10.9. The molecule has 0 saturated heterocycles. The topological polar surface area (TPSA) is 54.9 Å². The molecule has 1 aromatic carbocycles. The van der Waals surface area contributed by atoms with Crippen molar-refractivity contribution in [3.63, 3.8) is 0 Å². The molecule has 1 amide bonds. The molecule has 0 bridgehead atoms. The molecule has 0 aliphatic carbocycles. The van der Waals surface area contributed by atoms with Gasteiger partial charge in [-0.3, -0.25) is 4.79 Å². The summed E-state index contributed by atoms with van der Waals surface area (Å²) in [6.07, 6.45) is 0. The van der Waals surface area contributed by atoms with Crippen LogP contribution >= 0.6 is 34.5 Å². The van der Waals surface area contributed by atoms with E-state index in [0.29, 0.717) is 26.4 Å². The van der Waals surface area contributed by atoms with Crippen LogP contribution in [-0.2, 0) is 0 Å². The Kier molecular flexibility index (Phi) is 4.27. The quantitative estimate of drug-likeness (QED) is 0.680. The fourth-order valence-corrected chi connectivity index (χ4v) is 4.09. The van der Waals surface area contributed by atoms with Crippen molar-refractivity contribution in [1.82, 2.24) is 9.97 Å². The van der Waals surface area contributed by atoms with E-state index in [1.807, 2.05) is 20.8 Å². The van der Waals surface area contributed by atoms with Crippen LogP contribution in [-0.4, -0.2) is 15.9 Å². The highest BCUT2D eigenvalue weighted by Gasteiger charge is 2.19. The van der Waals surface area contributed by atoms with E-state index in [2.05, 4.69) is 15.3 Å². The number of halogens is 2. The van der Waals surface area contributed by atoms with Gasteiger partial charge in [0.2, 0.25) is 0 Å². The van der Waals surface area contributed by atoms with Gasteiger partial charge < -0.3 is 5.32 Å². The first kappa shape index (κ1) is 16.2. The molecule has 0 unspecified atom stereocenters. The monoisotopic (exact) mass is 365 g/mol. The summed E-state index contributed by atoms with van der Waals surface area (Å²) >= 11 is 13.3. The number of rotatable bonds is 2. The number of aromatic nitrogens is 2. The molecule has 0 spiro atoms. The van der Waals surface area contributed by atoms with E-state index in [0.717, 1.165) is 21.5 Å². The van der Waals surface area contributed by atoms with Crippen LogP contribution in [0.5, 0.6) is 0 Å². The van der Waals surface area contributed by atoms with Crippen molar-refractivity contribution in [3.8, 4) is 0 Å². The summed E-state index contributed by atoms with van der Waals surface area (Å²) in [7, 11) is 0. The van der Waals surface area contributed by atoms with Crippen molar-refractivity contribution in [1.29, 1.82) is 0 Å². The minimum atomic E-state index is -0.216. The first-order valence-corrected chi connectivity index (χ1v) is 8.45. The largest absolute Gasteiger partial charge is 0.320 e. The average molecular weight is 366 g/mol. The van der Waals surface area contributed by atoms with Gasteiger partial charge >= 0.3 is 0 Å². The van der Waals surface area contributed by atoms with Gasteiger partial charge in [0.15, 0.2) is 0 Å². The maximum atomic E-state index is 12.6. The third kappa shape index (κ3) is 3.04. The molecule has 0 fully saturated rings. The third-order valence-corrected chi connectivity index (χ3v) is 5.20. The molecule has 7 heteroatoms. The van der Waals surface area contributed by atoms with E-state index in [-0.39, 0.29) is 5.91 Å². The zero-order valence-corrected chi connectivity index (χ0v) is 15.0. The summed E-state index contributed by atoms with van der Waals surface area (Å²) in [6.45, 7) is 5.67. The summed E-state index contributed by atoms with van der Waals surface area (Å²) in [5.41, 5.74) is 2.28. The number of fused-ring (bicyclic) bond motifs is 1. The minimum Gasteiger partial charge on any atom is -0.320 e. The van der Waals surface area contributed by atoms with Gasteiger partial charge in [-0.1, -0.05) is 23.2 Å². The SMILES string of the molecule is Cc1nc(C)c2c(C)c(C(=O)Nc3ccc(Cl)cc3Cl)sc2n1. The molecule has 23 heavy (non-hydrogen) atoms. The van der Waals surface area contributed by atoms with Gasteiger partial charge in [0, 0.05) is 16.1 Å². The zero-order chi connectivity index (χ0) is 16.7. The number of aryl methyl sites for hydroxylation is 3. The van der Waals surface area contributed by atoms with Crippen LogP contribution in [0.1, 0.15) is 26.8 Å². The van der Waals surface area contributed by atoms with E-state index in [9.17, 15) is 4.79 Å². The summed E-state index contributed by atoms with van der Waals surface area (Å²) in [5.74, 6) is 0.482. The number of thiophene rings is 1. The van der Waals surface area contributed by atoms with Crippen LogP contribution in [0.15, 0.2) is 18.2 Å². The van der Waals surface area contributed by atoms with Crippen LogP contribution in [0.4, 0.5) is 5.69 Å². The number of anilines is 1. The average Bonchev–Trinajstić information content (AvgIpc) is 2.79. The van der Waals surface area contributed by atoms with Gasteiger partial charge in [-0.15, -0.1) is 11.3 Å². The Balaban J connectivity index is 2.01. The molecule has 0 atom stereocenters. The number of carbonyl (C=O) groups excluding carboxylic acids is 1. The van der Waals surface area contributed by atoms with Gasteiger partial charge in [0.1, 0.15) is 10.7 Å². The second kappa shape index (κ2) is 6.07. The summed E-state index contributed by atoms with van der Waals surface area (Å²) < 4.78 is 0. The fraction of sp³-hybridized carbons (Fsp3) is 0.188. The lowest BCUT2D eigenvalue weighted by atomic mass is 10.1. The van der Waals surface area contributed by atoms with Gasteiger partial charge in [0.25, 0.3) is 5.91 Å². The molecule has 1 N–H and O–H groups in total. The number of nitrogens with zero attached hydrogens (tertiary/aromatic N) is 2. The van der Waals surface area contributed by atoms with Crippen LogP contribution in [0, 0.1) is 20.8 Å². The number of carbonyl (C=O) groups is 1. The van der Waals surface area contributed by atoms with E-state index >= 15 is 0 Å². The fourth-order valence-electron chi connectivity index (χ4n) is 2.46. The molecule has 3 rings (SSSR count). The Morgan fingerprint density at radius 1 is 1.17 bits per heavy atom. The van der Waals surface area contributed by atoms with E-state index < -0.39 is 0 Å². The molecule has 0 aliphatic heterocycles. The number of nitrogens with one attached hydrogen (secondary N) is 1. The molecule has 0 aliphatic rings. The van der Waals surface area contributed by atoms with E-state index in [1.54, 1.807) is 18.2 Å². The normalized spacial score (nSPS) is 11.0. The molecule has 4 nitrogen and oxygen atoms in total. The van der Waals surface area contributed by atoms with E-state index in [1.165, 1.54) is 11.3 Å². The second-order valence-corrected chi connectivity index (χ2v) is 7.01. The lowest BCUT2D eigenvalue weighted by Crippen LogP contribution is -2.11. The molecule has 0 radical (unpaired) electrons. The van der Waals surface area contributed by atoms with Gasteiger partial charge in [-0.05, 0) is 44.5 Å². The van der Waals surface area contributed by atoms with Crippen LogP contribution < -0.4 is 5.32 Å². The van der Waals surface area contributed by atoms with Crippen molar-refractivity contribution in [2.45, 2.75) is 20.8 Å². The van der Waals surface area contributed by atoms with Crippen LogP contribution in [0.2, 0.25) is 10.0 Å². The highest BCUT2D eigenvalue weighted by molar-refractivity contribution is 7.20. The number of hydrogen-bond acceptors (Lipinski definition) is 4. The standard InChI is InChI=1S/C16H13Cl2N3OS/c1-7-13-8(2)19-9(3)20-16(13)23-14(7)15(22)21-12-5-4-10(17)6-11(12)18/h4-6H,1-3H3,(H,21,22). The predicted octanol–water partition coefficient (Wildman–Crippen LogP) is 5.18. The van der Waals surface area contributed by atoms with Crippen molar-refractivity contribution in [2.75, 3.05) is 5.32 Å². The molecular formula is C16H13Cl2N3OS. The van der Waals surface area contributed by atoms with Crippen LogP contribution in [0.3, 0.4) is 0 Å². The van der Waals surface area contributed by atoms with Gasteiger partial charge in [-0.25, -0.2) is 9.97 Å². The van der Waals surface area contributed by atoms with E-state index in [4.69, 9.17) is 23.2 Å². The summed E-state index contributed by atoms with van der Waals surface area (Å²) in [5, 5.41) is 4.68. The Morgan fingerprint density at radius 2 is 1.91 bits per heavy atom. The third-order valence-electron chi connectivity index (χ3n) is 3.47. The Bertz CT molecular complexity index is 937. The Morgan fingerprint density at radius 3 is 2.61 bits per heavy atom. The van der Waals surface area contributed by atoms with Crippen molar-refractivity contribution in [2.24, 2.45) is 0 Å². The molecule has 2 heterocycles. The predicted molar refractivity (Wildman–Crippen MR) is 96.0 cm³/mol. The lowest BCUT2D eigenvalue weighted by Gasteiger charge is -2.07. The number of amides is 1. The molecular weight excluding hydrogens is 353 g/mol. The van der Waals surface area contributed by atoms with Gasteiger partial charge in [-0.2, -0.15) is 0 Å². The minimum absolute atomic E-state index is 0.216. The molecule has 118 valence electrons. The maximum absolute atomic E-state index is 12.6. The van der Waals surface area contributed by atoms with Crippen molar-refractivity contribution < 1.29 is 4.79 Å².